The van der Waals surface area contributed by atoms with Crippen molar-refractivity contribution >= 4 is 23.5 Å². The largest absolute Gasteiger partial charge is 0.481 e. The predicted molar refractivity (Wildman–Crippen MR) is 153 cm³/mol. The molecule has 12 atom stereocenters. The fourth-order valence-corrected chi connectivity index (χ4v) is 6.12. The molecule has 2 rings (SSSR count). The number of aliphatic hydroxyl groups is 2. The maximum atomic E-state index is 13.1. The van der Waals surface area contributed by atoms with Crippen molar-refractivity contribution in [1.82, 2.24) is 10.2 Å². The molecule has 0 aromatic heterocycles. The highest BCUT2D eigenvalue weighted by Crippen LogP contribution is 2.37. The summed E-state index contributed by atoms with van der Waals surface area (Å²) in [6.45, 7) is 12.4. The zero-order valence-corrected chi connectivity index (χ0v) is 25.8. The van der Waals surface area contributed by atoms with Crippen molar-refractivity contribution in [3.63, 3.8) is 0 Å². The number of rotatable bonds is 9. The van der Waals surface area contributed by atoms with E-state index in [0.29, 0.717) is 6.42 Å². The lowest BCUT2D eigenvalue weighted by Gasteiger charge is -2.44. The van der Waals surface area contributed by atoms with E-state index in [4.69, 9.17) is 25.8 Å². The Bertz CT molecular complexity index is 843. The molecule has 2 aliphatic heterocycles. The van der Waals surface area contributed by atoms with Gasteiger partial charge in [0.05, 0.1) is 42.3 Å². The second-order valence-electron chi connectivity index (χ2n) is 12.3. The first-order valence-corrected chi connectivity index (χ1v) is 14.8. The monoisotopic (exact) mass is 590 g/mol. The minimum absolute atomic E-state index is 0.0656. The van der Waals surface area contributed by atoms with Crippen molar-refractivity contribution in [2.75, 3.05) is 20.7 Å². The van der Waals surface area contributed by atoms with Crippen LogP contribution in [0.4, 0.5) is 0 Å². The van der Waals surface area contributed by atoms with Gasteiger partial charge in [0.15, 0.2) is 6.29 Å². The Morgan fingerprint density at radius 2 is 1.93 bits per heavy atom. The third-order valence-corrected chi connectivity index (χ3v) is 9.07. The van der Waals surface area contributed by atoms with E-state index in [0.717, 1.165) is 6.42 Å². The molecule has 232 valence electrons. The van der Waals surface area contributed by atoms with Gasteiger partial charge in [0.25, 0.3) is 0 Å². The van der Waals surface area contributed by atoms with Gasteiger partial charge < -0.3 is 39.7 Å². The van der Waals surface area contributed by atoms with Gasteiger partial charge in [0, 0.05) is 18.4 Å². The third kappa shape index (κ3) is 9.37. The Balaban J connectivity index is 2.60. The average molecular weight is 591 g/mol. The molecule has 8 unspecified atom stereocenters. The summed E-state index contributed by atoms with van der Waals surface area (Å²) in [5.41, 5.74) is -1.80. The molecule has 1 amide bonds. The Kier molecular flexibility index (Phi) is 13.3. The van der Waals surface area contributed by atoms with Crippen molar-refractivity contribution in [2.24, 2.45) is 17.8 Å². The SMILES string of the molecule is C=CCOC1C[C@@H](C)C(=O)NC(C)C(O)[C@](C)(O)[C@@H](Cl)CC(CC(C)C(=O)O)[C@H]1OC1CC(N(C)C)CC(C)O1. The second-order valence-corrected chi connectivity index (χ2v) is 12.8. The maximum absolute atomic E-state index is 13.1. The van der Waals surface area contributed by atoms with Gasteiger partial charge in [-0.25, -0.2) is 0 Å². The Labute approximate surface area is 244 Å². The molecule has 2 aliphatic rings. The van der Waals surface area contributed by atoms with E-state index in [9.17, 15) is 24.9 Å². The van der Waals surface area contributed by atoms with Crippen LogP contribution in [0.1, 0.15) is 66.7 Å². The molecule has 2 fully saturated rings. The Morgan fingerprint density at radius 3 is 2.50 bits per heavy atom. The first-order valence-electron chi connectivity index (χ1n) is 14.4. The summed E-state index contributed by atoms with van der Waals surface area (Å²) in [6.07, 6.45) is 0.256. The summed E-state index contributed by atoms with van der Waals surface area (Å²) >= 11 is 6.82. The number of halogens is 1. The Morgan fingerprint density at radius 1 is 1.27 bits per heavy atom. The number of carboxylic acids is 1. The summed E-state index contributed by atoms with van der Waals surface area (Å²) < 4.78 is 19.1. The van der Waals surface area contributed by atoms with Gasteiger partial charge in [0.2, 0.25) is 5.91 Å². The van der Waals surface area contributed by atoms with Crippen molar-refractivity contribution in [1.29, 1.82) is 0 Å². The summed E-state index contributed by atoms with van der Waals surface area (Å²) in [5.74, 6) is -3.08. The highest BCUT2D eigenvalue weighted by molar-refractivity contribution is 6.21. The fraction of sp³-hybridized carbons (Fsp3) is 0.862. The number of carboxylic acid groups (broad SMARTS) is 1. The molecule has 0 saturated carbocycles. The highest BCUT2D eigenvalue weighted by Gasteiger charge is 2.46. The Hall–Kier alpha value is -1.27. The summed E-state index contributed by atoms with van der Waals surface area (Å²) in [7, 11) is 4.02. The second kappa shape index (κ2) is 15.3. The van der Waals surface area contributed by atoms with Gasteiger partial charge in [0.1, 0.15) is 11.7 Å². The number of ether oxygens (including phenoxy) is 3. The van der Waals surface area contributed by atoms with Gasteiger partial charge in [-0.1, -0.05) is 19.9 Å². The zero-order valence-electron chi connectivity index (χ0n) is 25.1. The molecule has 40 heavy (non-hydrogen) atoms. The lowest BCUT2D eigenvalue weighted by atomic mass is 9.78. The van der Waals surface area contributed by atoms with E-state index in [-0.39, 0.29) is 43.9 Å². The minimum Gasteiger partial charge on any atom is -0.481 e. The van der Waals surface area contributed by atoms with Gasteiger partial charge in [-0.15, -0.1) is 18.2 Å². The number of carbonyl (C=O) groups excluding carboxylic acids is 1. The maximum Gasteiger partial charge on any atom is 0.306 e. The lowest BCUT2D eigenvalue weighted by Crippen LogP contribution is -2.59. The standard InChI is InChI=1S/C29H51ClN2O8/c1-9-10-38-22-12-16(2)27(34)31-19(5)26(33)29(6,37)23(30)14-20(11-17(3)28(35)36)25(22)40-24-15-21(32(7)8)13-18(4)39-24/h9,16-26,33,37H,1,10-15H2,2-8H3,(H,31,34)(H,35,36)/t16-,17?,18?,19?,20?,21?,22?,23+,24?,25-,26?,29-/m1/s1. The number of nitrogens with zero attached hydrogens (tertiary/aromatic N) is 1. The number of aliphatic hydroxyl groups excluding tert-OH is 1. The van der Waals surface area contributed by atoms with E-state index < -0.39 is 65.3 Å². The number of hydrogen-bond acceptors (Lipinski definition) is 8. The van der Waals surface area contributed by atoms with E-state index in [2.05, 4.69) is 16.8 Å². The third-order valence-electron chi connectivity index (χ3n) is 8.45. The molecular weight excluding hydrogens is 540 g/mol. The minimum atomic E-state index is -1.80. The molecule has 0 bridgehead atoms. The average Bonchev–Trinajstić information content (AvgIpc) is 2.87. The number of nitrogens with one attached hydrogen (secondary N) is 1. The number of aliphatic carboxylic acids is 1. The van der Waals surface area contributed by atoms with Crippen LogP contribution >= 0.6 is 11.6 Å². The van der Waals surface area contributed by atoms with E-state index in [1.165, 1.54) is 6.92 Å². The number of alkyl halides is 1. The molecule has 0 aromatic carbocycles. The fourth-order valence-electron chi connectivity index (χ4n) is 5.76. The van der Waals surface area contributed by atoms with Crippen molar-refractivity contribution in [2.45, 2.75) is 120 Å². The van der Waals surface area contributed by atoms with Crippen LogP contribution in [0.2, 0.25) is 0 Å². The van der Waals surface area contributed by atoms with Crippen molar-refractivity contribution in [3.8, 4) is 0 Å². The van der Waals surface area contributed by atoms with Crippen LogP contribution < -0.4 is 5.32 Å². The number of hydrogen-bond donors (Lipinski definition) is 4. The van der Waals surface area contributed by atoms with Crippen LogP contribution in [0.3, 0.4) is 0 Å². The molecule has 10 nitrogen and oxygen atoms in total. The van der Waals surface area contributed by atoms with Gasteiger partial charge in [-0.3, -0.25) is 9.59 Å². The van der Waals surface area contributed by atoms with Crippen molar-refractivity contribution < 1.29 is 39.1 Å². The molecule has 11 heteroatoms. The van der Waals surface area contributed by atoms with Gasteiger partial charge in [-0.05, 0) is 66.5 Å². The quantitative estimate of drug-likeness (QED) is 0.236. The van der Waals surface area contributed by atoms with E-state index in [1.807, 2.05) is 21.0 Å². The molecule has 4 N–H and O–H groups in total. The molecular formula is C29H51ClN2O8. The van der Waals surface area contributed by atoms with Gasteiger partial charge >= 0.3 is 5.97 Å². The summed E-state index contributed by atoms with van der Waals surface area (Å²) in [5, 5.41) is 34.0. The number of amides is 1. The molecule has 0 aliphatic carbocycles. The van der Waals surface area contributed by atoms with Crippen LogP contribution in [-0.4, -0.2) is 107 Å². The zero-order chi connectivity index (χ0) is 30.4. The summed E-state index contributed by atoms with van der Waals surface area (Å²) in [4.78, 5) is 27.2. The predicted octanol–water partition coefficient (Wildman–Crippen LogP) is 2.78. The molecule has 2 saturated heterocycles. The van der Waals surface area contributed by atoms with Gasteiger partial charge in [-0.2, -0.15) is 0 Å². The van der Waals surface area contributed by atoms with Crippen LogP contribution in [0.5, 0.6) is 0 Å². The lowest BCUT2D eigenvalue weighted by molar-refractivity contribution is -0.251. The van der Waals surface area contributed by atoms with Crippen LogP contribution in [0.25, 0.3) is 0 Å². The topological polar surface area (TPSA) is 138 Å². The van der Waals surface area contributed by atoms with E-state index >= 15 is 0 Å². The van der Waals surface area contributed by atoms with Crippen LogP contribution in [-0.2, 0) is 23.8 Å². The normalized spacial score (nSPS) is 40.9. The van der Waals surface area contributed by atoms with E-state index in [1.54, 1.807) is 26.8 Å². The molecule has 2 heterocycles. The first kappa shape index (κ1) is 34.9. The molecule has 0 spiro atoms. The molecule has 0 aromatic rings. The van der Waals surface area contributed by atoms with Crippen molar-refractivity contribution in [3.05, 3.63) is 12.7 Å². The highest BCUT2D eigenvalue weighted by atomic mass is 35.5. The summed E-state index contributed by atoms with van der Waals surface area (Å²) in [6, 6.07) is -0.562. The number of carbonyl (C=O) groups is 2. The first-order chi connectivity index (χ1) is 18.6. The smallest absolute Gasteiger partial charge is 0.306 e. The molecule has 0 radical (unpaired) electrons. The van der Waals surface area contributed by atoms with Crippen LogP contribution in [0.15, 0.2) is 12.7 Å². The van der Waals surface area contributed by atoms with Crippen LogP contribution in [0, 0.1) is 17.8 Å².